The second kappa shape index (κ2) is 5.91. The van der Waals surface area contributed by atoms with Gasteiger partial charge in [-0.2, -0.15) is 0 Å². The first kappa shape index (κ1) is 13.0. The van der Waals surface area contributed by atoms with E-state index in [9.17, 15) is 0 Å². The van der Waals surface area contributed by atoms with Crippen molar-refractivity contribution >= 4 is 17.6 Å². The van der Waals surface area contributed by atoms with Crippen LogP contribution in [0, 0.1) is 0 Å². The summed E-state index contributed by atoms with van der Waals surface area (Å²) in [5.41, 5.74) is 9.54. The zero-order valence-electron chi connectivity index (χ0n) is 10.8. The van der Waals surface area contributed by atoms with Gasteiger partial charge in [0, 0.05) is 11.8 Å². The molecule has 18 heavy (non-hydrogen) atoms. The topological polar surface area (TPSA) is 38.9 Å². The van der Waals surface area contributed by atoms with E-state index in [-0.39, 0.29) is 0 Å². The van der Waals surface area contributed by atoms with E-state index >= 15 is 0 Å². The van der Waals surface area contributed by atoms with Crippen LogP contribution in [0.1, 0.15) is 19.4 Å². The summed E-state index contributed by atoms with van der Waals surface area (Å²) in [5, 5.41) is 0. The molecule has 0 aliphatic heterocycles. The van der Waals surface area contributed by atoms with Crippen molar-refractivity contribution in [3.8, 4) is 11.1 Å². The third-order valence-corrected chi connectivity index (χ3v) is 3.80. The van der Waals surface area contributed by atoms with Crippen LogP contribution in [0.5, 0.6) is 0 Å². The summed E-state index contributed by atoms with van der Waals surface area (Å²) in [4.78, 5) is 5.34. The highest BCUT2D eigenvalue weighted by molar-refractivity contribution is 7.99. The monoisotopic (exact) mass is 258 g/mol. The molecule has 0 aliphatic rings. The number of aryl methyl sites for hydroxylation is 1. The van der Waals surface area contributed by atoms with Gasteiger partial charge < -0.3 is 5.73 Å². The van der Waals surface area contributed by atoms with Gasteiger partial charge in [0.1, 0.15) is 5.82 Å². The van der Waals surface area contributed by atoms with Crippen LogP contribution in [0.3, 0.4) is 0 Å². The lowest BCUT2D eigenvalue weighted by atomic mass is 10.0. The van der Waals surface area contributed by atoms with Crippen molar-refractivity contribution < 1.29 is 0 Å². The van der Waals surface area contributed by atoms with Gasteiger partial charge in [-0.15, -0.1) is 11.8 Å². The molecule has 0 spiro atoms. The molecule has 0 saturated carbocycles. The maximum atomic E-state index is 5.87. The van der Waals surface area contributed by atoms with Crippen molar-refractivity contribution in [1.29, 1.82) is 0 Å². The Morgan fingerprint density at radius 1 is 1.11 bits per heavy atom. The van der Waals surface area contributed by atoms with E-state index in [2.05, 4.69) is 49.2 Å². The SMILES string of the molecule is CCSc1cc(-c2ccc(CC)cc2)cnc1N. The van der Waals surface area contributed by atoms with Crippen LogP contribution in [-0.4, -0.2) is 10.7 Å². The van der Waals surface area contributed by atoms with Gasteiger partial charge in [0.05, 0.1) is 4.90 Å². The number of thioether (sulfide) groups is 1. The zero-order chi connectivity index (χ0) is 13.0. The minimum Gasteiger partial charge on any atom is -0.383 e. The molecule has 1 aromatic carbocycles. The van der Waals surface area contributed by atoms with Gasteiger partial charge in [0.15, 0.2) is 0 Å². The fourth-order valence-electron chi connectivity index (χ4n) is 1.82. The fourth-order valence-corrected chi connectivity index (χ4v) is 2.54. The average molecular weight is 258 g/mol. The Morgan fingerprint density at radius 3 is 2.44 bits per heavy atom. The first-order chi connectivity index (χ1) is 8.74. The zero-order valence-corrected chi connectivity index (χ0v) is 11.6. The summed E-state index contributed by atoms with van der Waals surface area (Å²) >= 11 is 1.73. The molecule has 1 heterocycles. The highest BCUT2D eigenvalue weighted by Crippen LogP contribution is 2.28. The predicted molar refractivity (Wildman–Crippen MR) is 79.9 cm³/mol. The molecule has 0 fully saturated rings. The Labute approximate surface area is 113 Å². The minimum absolute atomic E-state index is 0.621. The lowest BCUT2D eigenvalue weighted by molar-refractivity contribution is 1.14. The van der Waals surface area contributed by atoms with Gasteiger partial charge in [-0.1, -0.05) is 38.1 Å². The van der Waals surface area contributed by atoms with Crippen molar-refractivity contribution in [2.75, 3.05) is 11.5 Å². The van der Waals surface area contributed by atoms with Gasteiger partial charge in [-0.25, -0.2) is 4.98 Å². The number of nitrogens with two attached hydrogens (primary N) is 1. The minimum atomic E-state index is 0.621. The van der Waals surface area contributed by atoms with Crippen LogP contribution in [-0.2, 0) is 6.42 Å². The van der Waals surface area contributed by atoms with E-state index in [1.165, 1.54) is 11.1 Å². The van der Waals surface area contributed by atoms with Crippen LogP contribution < -0.4 is 5.73 Å². The Morgan fingerprint density at radius 2 is 1.83 bits per heavy atom. The van der Waals surface area contributed by atoms with Crippen LogP contribution in [0.25, 0.3) is 11.1 Å². The number of hydrogen-bond acceptors (Lipinski definition) is 3. The molecule has 0 aliphatic carbocycles. The molecule has 0 radical (unpaired) electrons. The summed E-state index contributed by atoms with van der Waals surface area (Å²) in [6, 6.07) is 10.7. The van der Waals surface area contributed by atoms with E-state index in [0.29, 0.717) is 5.82 Å². The van der Waals surface area contributed by atoms with Crippen molar-refractivity contribution in [2.24, 2.45) is 0 Å². The third kappa shape index (κ3) is 2.85. The first-order valence-electron chi connectivity index (χ1n) is 6.22. The van der Waals surface area contributed by atoms with Crippen LogP contribution in [0.2, 0.25) is 0 Å². The number of rotatable bonds is 4. The molecular formula is C15H18N2S. The highest BCUT2D eigenvalue weighted by Gasteiger charge is 2.04. The van der Waals surface area contributed by atoms with Gasteiger partial charge in [-0.3, -0.25) is 0 Å². The summed E-state index contributed by atoms with van der Waals surface area (Å²) in [6.07, 6.45) is 2.91. The van der Waals surface area contributed by atoms with E-state index < -0.39 is 0 Å². The summed E-state index contributed by atoms with van der Waals surface area (Å²) in [6.45, 7) is 4.28. The molecule has 0 saturated heterocycles. The Bertz CT molecular complexity index is 521. The van der Waals surface area contributed by atoms with Crippen LogP contribution in [0.15, 0.2) is 41.4 Å². The van der Waals surface area contributed by atoms with Gasteiger partial charge in [-0.05, 0) is 29.4 Å². The number of hydrogen-bond donors (Lipinski definition) is 1. The third-order valence-electron chi connectivity index (χ3n) is 2.88. The molecule has 2 aromatic rings. The van der Waals surface area contributed by atoms with Gasteiger partial charge in [0.25, 0.3) is 0 Å². The smallest absolute Gasteiger partial charge is 0.137 e. The van der Waals surface area contributed by atoms with Crippen molar-refractivity contribution in [3.63, 3.8) is 0 Å². The molecule has 2 rings (SSSR count). The number of pyridine rings is 1. The molecule has 3 heteroatoms. The molecule has 1 aromatic heterocycles. The summed E-state index contributed by atoms with van der Waals surface area (Å²) in [7, 11) is 0. The lowest BCUT2D eigenvalue weighted by Crippen LogP contribution is -1.94. The summed E-state index contributed by atoms with van der Waals surface area (Å²) < 4.78 is 0. The van der Waals surface area contributed by atoms with Crippen molar-refractivity contribution in [1.82, 2.24) is 4.98 Å². The molecule has 0 amide bonds. The molecule has 0 atom stereocenters. The first-order valence-corrected chi connectivity index (χ1v) is 7.20. The van der Waals surface area contributed by atoms with E-state index in [4.69, 9.17) is 5.73 Å². The Hall–Kier alpha value is -1.48. The number of benzene rings is 1. The summed E-state index contributed by atoms with van der Waals surface area (Å²) in [5.74, 6) is 1.63. The maximum absolute atomic E-state index is 5.87. The van der Waals surface area contributed by atoms with Gasteiger partial charge in [0.2, 0.25) is 0 Å². The molecule has 2 nitrogen and oxygen atoms in total. The molecule has 0 bridgehead atoms. The quantitative estimate of drug-likeness (QED) is 0.842. The molecule has 94 valence electrons. The van der Waals surface area contributed by atoms with Gasteiger partial charge >= 0.3 is 0 Å². The average Bonchev–Trinajstić information content (AvgIpc) is 2.42. The lowest BCUT2D eigenvalue weighted by Gasteiger charge is -2.07. The Kier molecular flexibility index (Phi) is 4.26. The van der Waals surface area contributed by atoms with E-state index in [0.717, 1.165) is 22.6 Å². The number of aromatic nitrogens is 1. The largest absolute Gasteiger partial charge is 0.383 e. The van der Waals surface area contributed by atoms with E-state index in [1.807, 2.05) is 6.20 Å². The molecular weight excluding hydrogens is 240 g/mol. The fraction of sp³-hybridized carbons (Fsp3) is 0.267. The Balaban J connectivity index is 2.34. The number of nitrogen functional groups attached to an aromatic ring is 1. The number of anilines is 1. The van der Waals surface area contributed by atoms with E-state index in [1.54, 1.807) is 11.8 Å². The van der Waals surface area contributed by atoms with Crippen LogP contribution in [0.4, 0.5) is 5.82 Å². The highest BCUT2D eigenvalue weighted by atomic mass is 32.2. The molecule has 2 N–H and O–H groups in total. The van der Waals surface area contributed by atoms with Crippen LogP contribution >= 0.6 is 11.8 Å². The normalized spacial score (nSPS) is 10.6. The maximum Gasteiger partial charge on any atom is 0.137 e. The second-order valence-electron chi connectivity index (χ2n) is 4.09. The molecule has 0 unspecified atom stereocenters. The predicted octanol–water partition coefficient (Wildman–Crippen LogP) is 4.01. The second-order valence-corrected chi connectivity index (χ2v) is 5.40. The van der Waals surface area contributed by atoms with Crippen molar-refractivity contribution in [3.05, 3.63) is 42.1 Å². The van der Waals surface area contributed by atoms with Crippen molar-refractivity contribution in [2.45, 2.75) is 25.2 Å². The standard InChI is InChI=1S/C15H18N2S/c1-3-11-5-7-12(8-6-11)13-9-14(18-4-2)15(16)17-10-13/h5-10H,3-4H2,1-2H3,(H2,16,17). The number of nitrogens with zero attached hydrogens (tertiary/aromatic N) is 1.